The first-order valence-corrected chi connectivity index (χ1v) is 6.59. The molecule has 0 aliphatic carbocycles. The zero-order valence-electron chi connectivity index (χ0n) is 11.3. The number of aromatic nitrogens is 2. The third kappa shape index (κ3) is 1.54. The molecular weight excluding hydrogens is 266 g/mol. The number of imide groups is 1. The molecular formula is C16H11N3O2. The Morgan fingerprint density at radius 1 is 1.00 bits per heavy atom. The number of carbonyl (C=O) groups is 2. The van der Waals surface area contributed by atoms with Gasteiger partial charge in [-0.15, -0.1) is 0 Å². The van der Waals surface area contributed by atoms with Crippen LogP contribution >= 0.6 is 0 Å². The molecule has 0 saturated carbocycles. The largest absolute Gasteiger partial charge is 0.295 e. The Morgan fingerprint density at radius 3 is 2.67 bits per heavy atom. The zero-order chi connectivity index (χ0) is 14.6. The van der Waals surface area contributed by atoms with E-state index in [0.717, 1.165) is 5.56 Å². The highest BCUT2D eigenvalue weighted by molar-refractivity contribution is 6.33. The van der Waals surface area contributed by atoms with Crippen molar-refractivity contribution in [2.24, 2.45) is 0 Å². The molecule has 102 valence electrons. The molecule has 1 aliphatic rings. The molecule has 2 amide bonds. The Labute approximate surface area is 120 Å². The van der Waals surface area contributed by atoms with Gasteiger partial charge in [-0.3, -0.25) is 14.0 Å². The third-order valence-corrected chi connectivity index (χ3v) is 3.60. The zero-order valence-corrected chi connectivity index (χ0v) is 11.3. The van der Waals surface area contributed by atoms with Crippen molar-refractivity contribution in [2.45, 2.75) is 6.92 Å². The van der Waals surface area contributed by atoms with Crippen molar-refractivity contribution in [3.05, 3.63) is 65.6 Å². The van der Waals surface area contributed by atoms with Gasteiger partial charge in [0.15, 0.2) is 5.69 Å². The van der Waals surface area contributed by atoms with Crippen LogP contribution in [0.15, 0.2) is 48.7 Å². The first kappa shape index (κ1) is 11.8. The molecule has 3 heterocycles. The summed E-state index contributed by atoms with van der Waals surface area (Å²) in [5.74, 6) is -0.705. The second-order valence-corrected chi connectivity index (χ2v) is 5.02. The molecule has 4 rings (SSSR count). The summed E-state index contributed by atoms with van der Waals surface area (Å²) in [7, 11) is 0. The monoisotopic (exact) mass is 277 g/mol. The summed E-state index contributed by atoms with van der Waals surface area (Å²) >= 11 is 0. The van der Waals surface area contributed by atoms with Gasteiger partial charge < -0.3 is 0 Å². The summed E-state index contributed by atoms with van der Waals surface area (Å²) in [4.78, 5) is 30.6. The minimum absolute atomic E-state index is 0.215. The minimum Gasteiger partial charge on any atom is -0.295 e. The predicted molar refractivity (Wildman–Crippen MR) is 77.5 cm³/mol. The smallest absolute Gasteiger partial charge is 0.286 e. The number of hydrogen-bond donors (Lipinski definition) is 0. The number of nitrogens with zero attached hydrogens (tertiary/aromatic N) is 3. The molecule has 0 spiro atoms. The lowest BCUT2D eigenvalue weighted by Crippen LogP contribution is -2.30. The van der Waals surface area contributed by atoms with Crippen LogP contribution in [0.1, 0.15) is 26.5 Å². The van der Waals surface area contributed by atoms with E-state index in [1.54, 1.807) is 22.7 Å². The number of pyridine rings is 1. The Bertz CT molecular complexity index is 911. The molecule has 21 heavy (non-hydrogen) atoms. The fourth-order valence-electron chi connectivity index (χ4n) is 2.65. The topological polar surface area (TPSA) is 54.7 Å². The SMILES string of the molecule is Cc1cccc(N2C(=O)c3nc4ccccn4c3C2=O)c1. The van der Waals surface area contributed by atoms with E-state index in [1.807, 2.05) is 37.3 Å². The van der Waals surface area contributed by atoms with Crippen molar-refractivity contribution in [1.29, 1.82) is 0 Å². The molecule has 0 radical (unpaired) electrons. The van der Waals surface area contributed by atoms with Gasteiger partial charge >= 0.3 is 0 Å². The third-order valence-electron chi connectivity index (χ3n) is 3.60. The van der Waals surface area contributed by atoms with Crippen molar-refractivity contribution in [1.82, 2.24) is 9.38 Å². The van der Waals surface area contributed by atoms with Crippen LogP contribution in [-0.2, 0) is 0 Å². The quantitative estimate of drug-likeness (QED) is 0.642. The second kappa shape index (κ2) is 4.02. The van der Waals surface area contributed by atoms with Gasteiger partial charge in [0, 0.05) is 6.20 Å². The number of carbonyl (C=O) groups excluding carboxylic acids is 2. The molecule has 0 saturated heterocycles. The van der Waals surface area contributed by atoms with Crippen molar-refractivity contribution in [3.63, 3.8) is 0 Å². The summed E-state index contributed by atoms with van der Waals surface area (Å²) in [6, 6.07) is 12.7. The molecule has 1 aliphatic heterocycles. The van der Waals surface area contributed by atoms with Crippen molar-refractivity contribution >= 4 is 23.1 Å². The lowest BCUT2D eigenvalue weighted by Gasteiger charge is -2.14. The Hall–Kier alpha value is -2.95. The van der Waals surface area contributed by atoms with Gasteiger partial charge in [0.25, 0.3) is 11.8 Å². The van der Waals surface area contributed by atoms with Gasteiger partial charge in [0.05, 0.1) is 5.69 Å². The lowest BCUT2D eigenvalue weighted by atomic mass is 10.2. The summed E-state index contributed by atoms with van der Waals surface area (Å²) < 4.78 is 1.66. The van der Waals surface area contributed by atoms with E-state index >= 15 is 0 Å². The summed E-state index contributed by atoms with van der Waals surface area (Å²) in [5.41, 5.74) is 2.72. The Balaban J connectivity index is 1.91. The van der Waals surface area contributed by atoms with E-state index in [2.05, 4.69) is 4.98 Å². The van der Waals surface area contributed by atoms with Crippen molar-refractivity contribution in [2.75, 3.05) is 4.90 Å². The number of rotatable bonds is 1. The van der Waals surface area contributed by atoms with Crippen molar-refractivity contribution in [3.8, 4) is 0 Å². The number of imidazole rings is 1. The van der Waals surface area contributed by atoms with Crippen LogP contribution in [0.3, 0.4) is 0 Å². The van der Waals surface area contributed by atoms with Crippen LogP contribution in [0.4, 0.5) is 5.69 Å². The molecule has 5 nitrogen and oxygen atoms in total. The molecule has 3 aromatic rings. The fourth-order valence-corrected chi connectivity index (χ4v) is 2.65. The van der Waals surface area contributed by atoms with E-state index in [-0.39, 0.29) is 17.5 Å². The summed E-state index contributed by atoms with van der Waals surface area (Å²) in [6.07, 6.45) is 1.74. The summed E-state index contributed by atoms with van der Waals surface area (Å²) in [5, 5.41) is 0. The number of fused-ring (bicyclic) bond motifs is 3. The van der Waals surface area contributed by atoms with Crippen LogP contribution in [0.5, 0.6) is 0 Å². The van der Waals surface area contributed by atoms with Crippen LogP contribution in [0, 0.1) is 6.92 Å². The number of hydrogen-bond acceptors (Lipinski definition) is 3. The van der Waals surface area contributed by atoms with E-state index in [9.17, 15) is 9.59 Å². The number of aryl methyl sites for hydroxylation is 1. The number of benzene rings is 1. The van der Waals surface area contributed by atoms with Gasteiger partial charge in [0.1, 0.15) is 11.3 Å². The van der Waals surface area contributed by atoms with Crippen LogP contribution in [-0.4, -0.2) is 21.2 Å². The standard InChI is InChI=1S/C16H11N3O2/c1-10-5-4-6-11(9-10)19-15(20)13-14(16(19)21)18-8-3-2-7-12(18)17-13/h2-9H,1H3. The maximum atomic E-state index is 12.6. The predicted octanol–water partition coefficient (Wildman–Crippen LogP) is 2.44. The maximum absolute atomic E-state index is 12.6. The van der Waals surface area contributed by atoms with E-state index < -0.39 is 0 Å². The lowest BCUT2D eigenvalue weighted by molar-refractivity contribution is 0.0922. The van der Waals surface area contributed by atoms with Gasteiger partial charge in [-0.05, 0) is 36.8 Å². The average molecular weight is 277 g/mol. The van der Waals surface area contributed by atoms with Crippen LogP contribution in [0.25, 0.3) is 5.65 Å². The van der Waals surface area contributed by atoms with Gasteiger partial charge in [-0.1, -0.05) is 18.2 Å². The molecule has 5 heteroatoms. The fraction of sp³-hybridized carbons (Fsp3) is 0.0625. The second-order valence-electron chi connectivity index (χ2n) is 5.02. The van der Waals surface area contributed by atoms with E-state index in [4.69, 9.17) is 0 Å². The maximum Gasteiger partial charge on any atom is 0.286 e. The molecule has 0 bridgehead atoms. The molecule has 0 fully saturated rings. The van der Waals surface area contributed by atoms with Crippen LogP contribution < -0.4 is 4.90 Å². The highest BCUT2D eigenvalue weighted by atomic mass is 16.2. The van der Waals surface area contributed by atoms with Crippen molar-refractivity contribution < 1.29 is 9.59 Å². The average Bonchev–Trinajstić information content (AvgIpc) is 2.96. The molecule has 0 unspecified atom stereocenters. The minimum atomic E-state index is -0.371. The Morgan fingerprint density at radius 2 is 1.86 bits per heavy atom. The van der Waals surface area contributed by atoms with E-state index in [1.165, 1.54) is 4.90 Å². The molecule has 0 N–H and O–H groups in total. The molecule has 2 aromatic heterocycles. The highest BCUT2D eigenvalue weighted by Gasteiger charge is 2.41. The Kier molecular flexibility index (Phi) is 2.27. The first-order valence-electron chi connectivity index (χ1n) is 6.59. The van der Waals surface area contributed by atoms with Gasteiger partial charge in [-0.2, -0.15) is 0 Å². The van der Waals surface area contributed by atoms with E-state index in [0.29, 0.717) is 17.0 Å². The number of anilines is 1. The molecule has 1 aromatic carbocycles. The summed E-state index contributed by atoms with van der Waals surface area (Å²) in [6.45, 7) is 1.92. The van der Waals surface area contributed by atoms with Crippen LogP contribution in [0.2, 0.25) is 0 Å². The highest BCUT2D eigenvalue weighted by Crippen LogP contribution is 2.29. The normalized spacial score (nSPS) is 14.0. The van der Waals surface area contributed by atoms with Gasteiger partial charge in [0.2, 0.25) is 0 Å². The van der Waals surface area contributed by atoms with Gasteiger partial charge in [-0.25, -0.2) is 9.88 Å². The number of amides is 2. The first-order chi connectivity index (χ1) is 10.2. The molecule has 0 atom stereocenters.